The van der Waals surface area contributed by atoms with Crippen LogP contribution in [-0.4, -0.2) is 52.5 Å². The van der Waals surface area contributed by atoms with Gasteiger partial charge in [0, 0.05) is 31.7 Å². The number of para-hydroxylation sites is 1. The van der Waals surface area contributed by atoms with Gasteiger partial charge in [-0.1, -0.05) is 48.0 Å². The molecule has 0 aromatic heterocycles. The molecule has 1 N–H and O–H groups in total. The third-order valence-electron chi connectivity index (χ3n) is 4.91. The molecule has 6 nitrogen and oxygen atoms in total. The van der Waals surface area contributed by atoms with Crippen molar-refractivity contribution in [2.75, 3.05) is 19.6 Å². The van der Waals surface area contributed by atoms with Crippen LogP contribution in [0.25, 0.3) is 0 Å². The molecule has 1 saturated heterocycles. The maximum absolute atomic E-state index is 12.6. The van der Waals surface area contributed by atoms with Crippen molar-refractivity contribution in [2.45, 2.75) is 33.0 Å². The number of rotatable bonds is 7. The quantitative estimate of drug-likeness (QED) is 0.797. The van der Waals surface area contributed by atoms with Gasteiger partial charge in [0.1, 0.15) is 5.75 Å². The summed E-state index contributed by atoms with van der Waals surface area (Å²) in [6, 6.07) is 15.6. The average molecular weight is 382 g/mol. The highest BCUT2D eigenvalue weighted by atomic mass is 16.5. The number of hydrogen-bond donors (Lipinski definition) is 1. The Labute approximate surface area is 165 Å². The molecule has 0 aliphatic carbocycles. The Morgan fingerprint density at radius 3 is 2.50 bits per heavy atom. The van der Waals surface area contributed by atoms with E-state index >= 15 is 0 Å². The molecule has 0 bridgehead atoms. The van der Waals surface area contributed by atoms with Crippen LogP contribution < -0.4 is 4.74 Å². The lowest BCUT2D eigenvalue weighted by Crippen LogP contribution is -2.49. The van der Waals surface area contributed by atoms with Crippen molar-refractivity contribution in [3.8, 4) is 5.75 Å². The molecule has 3 rings (SSSR count). The third kappa shape index (κ3) is 5.10. The largest absolute Gasteiger partial charge is 0.479 e. The van der Waals surface area contributed by atoms with Crippen molar-refractivity contribution in [1.82, 2.24) is 9.80 Å². The maximum atomic E-state index is 12.6. The number of aliphatic carboxylic acids is 1. The van der Waals surface area contributed by atoms with E-state index in [1.165, 1.54) is 12.5 Å². The van der Waals surface area contributed by atoms with Gasteiger partial charge >= 0.3 is 5.97 Å². The molecule has 1 amide bonds. The topological polar surface area (TPSA) is 70.1 Å². The molecular weight excluding hydrogens is 356 g/mol. The number of carbonyl (C=O) groups is 2. The zero-order valence-electron chi connectivity index (χ0n) is 16.3. The predicted molar refractivity (Wildman–Crippen MR) is 106 cm³/mol. The first kappa shape index (κ1) is 19.9. The normalized spacial score (nSPS) is 16.1. The number of amides is 1. The Morgan fingerprint density at radius 1 is 1.11 bits per heavy atom. The van der Waals surface area contributed by atoms with Gasteiger partial charge in [0.15, 0.2) is 6.10 Å². The number of ether oxygens (including phenoxy) is 1. The molecule has 1 unspecified atom stereocenters. The molecule has 28 heavy (non-hydrogen) atoms. The van der Waals surface area contributed by atoms with Crippen molar-refractivity contribution >= 4 is 11.9 Å². The minimum Gasteiger partial charge on any atom is -0.479 e. The Bertz CT molecular complexity index is 835. The zero-order chi connectivity index (χ0) is 20.1. The van der Waals surface area contributed by atoms with Crippen LogP contribution in [0, 0.1) is 6.92 Å². The van der Waals surface area contributed by atoms with Gasteiger partial charge in [0.25, 0.3) is 0 Å². The second kappa shape index (κ2) is 8.89. The fraction of sp³-hybridized carbons (Fsp3) is 0.364. The van der Waals surface area contributed by atoms with Crippen LogP contribution in [0.4, 0.5) is 0 Å². The lowest BCUT2D eigenvalue weighted by Gasteiger charge is -2.34. The molecule has 1 atom stereocenters. The van der Waals surface area contributed by atoms with Gasteiger partial charge in [0.05, 0.1) is 6.54 Å². The minimum atomic E-state index is -1.00. The molecule has 0 spiro atoms. The van der Waals surface area contributed by atoms with Gasteiger partial charge in [-0.25, -0.2) is 4.79 Å². The van der Waals surface area contributed by atoms with E-state index in [4.69, 9.17) is 9.84 Å². The van der Waals surface area contributed by atoms with E-state index in [9.17, 15) is 9.59 Å². The van der Waals surface area contributed by atoms with Gasteiger partial charge in [-0.15, -0.1) is 0 Å². The SMILES string of the molecule is Cc1ccc(CN2CCN(Cc3ccccc3OC(C)C(=O)O)CC2=O)cc1. The number of hydrogen-bond acceptors (Lipinski definition) is 4. The van der Waals surface area contributed by atoms with E-state index < -0.39 is 12.1 Å². The first-order valence-corrected chi connectivity index (χ1v) is 9.45. The summed E-state index contributed by atoms with van der Waals surface area (Å²) in [5.41, 5.74) is 3.22. The Morgan fingerprint density at radius 2 is 1.82 bits per heavy atom. The first-order chi connectivity index (χ1) is 13.4. The summed E-state index contributed by atoms with van der Waals surface area (Å²) in [5, 5.41) is 9.07. The number of carboxylic acid groups (broad SMARTS) is 1. The monoisotopic (exact) mass is 382 g/mol. The molecule has 1 aliphatic rings. The molecule has 0 saturated carbocycles. The van der Waals surface area contributed by atoms with Crippen molar-refractivity contribution in [3.63, 3.8) is 0 Å². The molecule has 0 radical (unpaired) electrons. The van der Waals surface area contributed by atoms with E-state index in [2.05, 4.69) is 29.2 Å². The van der Waals surface area contributed by atoms with Crippen molar-refractivity contribution in [3.05, 3.63) is 65.2 Å². The second-order valence-corrected chi connectivity index (χ2v) is 7.22. The molecule has 1 heterocycles. The van der Waals surface area contributed by atoms with E-state index in [0.717, 1.165) is 17.7 Å². The average Bonchev–Trinajstić information content (AvgIpc) is 2.67. The molecule has 2 aromatic rings. The van der Waals surface area contributed by atoms with Crippen LogP contribution in [-0.2, 0) is 22.7 Å². The van der Waals surface area contributed by atoms with E-state index in [1.807, 2.05) is 30.0 Å². The van der Waals surface area contributed by atoms with Crippen LogP contribution in [0.2, 0.25) is 0 Å². The second-order valence-electron chi connectivity index (χ2n) is 7.22. The third-order valence-corrected chi connectivity index (χ3v) is 4.91. The minimum absolute atomic E-state index is 0.101. The highest BCUT2D eigenvalue weighted by molar-refractivity contribution is 5.79. The van der Waals surface area contributed by atoms with Crippen LogP contribution in [0.1, 0.15) is 23.6 Å². The highest BCUT2D eigenvalue weighted by Gasteiger charge is 2.25. The number of aryl methyl sites for hydroxylation is 1. The Kier molecular flexibility index (Phi) is 6.31. The summed E-state index contributed by atoms with van der Waals surface area (Å²) in [6.07, 6.45) is -0.922. The summed E-state index contributed by atoms with van der Waals surface area (Å²) in [4.78, 5) is 27.6. The van der Waals surface area contributed by atoms with Crippen LogP contribution in [0.5, 0.6) is 5.75 Å². The summed E-state index contributed by atoms with van der Waals surface area (Å²) >= 11 is 0. The van der Waals surface area contributed by atoms with Crippen LogP contribution in [0.3, 0.4) is 0 Å². The summed E-state index contributed by atoms with van der Waals surface area (Å²) < 4.78 is 5.56. The Balaban J connectivity index is 1.60. The van der Waals surface area contributed by atoms with Crippen molar-refractivity contribution in [2.24, 2.45) is 0 Å². The van der Waals surface area contributed by atoms with E-state index in [-0.39, 0.29) is 5.91 Å². The smallest absolute Gasteiger partial charge is 0.344 e. The van der Waals surface area contributed by atoms with Gasteiger partial charge in [-0.3, -0.25) is 9.69 Å². The van der Waals surface area contributed by atoms with Crippen molar-refractivity contribution < 1.29 is 19.4 Å². The van der Waals surface area contributed by atoms with Gasteiger partial charge < -0.3 is 14.7 Å². The number of benzene rings is 2. The fourth-order valence-electron chi connectivity index (χ4n) is 3.20. The molecule has 148 valence electrons. The van der Waals surface area contributed by atoms with Gasteiger partial charge in [-0.2, -0.15) is 0 Å². The summed E-state index contributed by atoms with van der Waals surface area (Å²) in [7, 11) is 0. The highest BCUT2D eigenvalue weighted by Crippen LogP contribution is 2.22. The first-order valence-electron chi connectivity index (χ1n) is 9.45. The number of carboxylic acids is 1. The molecule has 1 fully saturated rings. The number of piperazine rings is 1. The number of nitrogens with zero attached hydrogens (tertiary/aromatic N) is 2. The van der Waals surface area contributed by atoms with Crippen molar-refractivity contribution in [1.29, 1.82) is 0 Å². The van der Waals surface area contributed by atoms with Gasteiger partial charge in [0.2, 0.25) is 5.91 Å². The molecule has 1 aliphatic heterocycles. The summed E-state index contributed by atoms with van der Waals surface area (Å²) in [5.74, 6) is -0.356. The van der Waals surface area contributed by atoms with Crippen LogP contribution >= 0.6 is 0 Å². The maximum Gasteiger partial charge on any atom is 0.344 e. The molecule has 6 heteroatoms. The Hall–Kier alpha value is -2.86. The zero-order valence-corrected chi connectivity index (χ0v) is 16.3. The van der Waals surface area contributed by atoms with Gasteiger partial charge in [-0.05, 0) is 25.5 Å². The fourth-order valence-corrected chi connectivity index (χ4v) is 3.20. The predicted octanol–water partition coefficient (Wildman–Crippen LogP) is 2.69. The molecule has 2 aromatic carbocycles. The lowest BCUT2D eigenvalue weighted by atomic mass is 10.1. The van der Waals surface area contributed by atoms with E-state index in [1.54, 1.807) is 6.07 Å². The lowest BCUT2D eigenvalue weighted by molar-refractivity contribution is -0.144. The number of carbonyl (C=O) groups excluding carboxylic acids is 1. The molecular formula is C22H26N2O4. The summed E-state index contributed by atoms with van der Waals surface area (Å²) in [6.45, 7) is 6.50. The van der Waals surface area contributed by atoms with Crippen LogP contribution in [0.15, 0.2) is 48.5 Å². The van der Waals surface area contributed by atoms with E-state index in [0.29, 0.717) is 31.9 Å². The standard InChI is InChI=1S/C22H26N2O4/c1-16-7-9-18(10-8-16)13-24-12-11-23(15-21(24)25)14-19-5-3-4-6-20(19)28-17(2)22(26)27/h3-10,17H,11-15H2,1-2H3,(H,26,27).